The van der Waals surface area contributed by atoms with E-state index in [1.807, 2.05) is 0 Å². The van der Waals surface area contributed by atoms with Crippen molar-refractivity contribution in [1.29, 1.82) is 0 Å². The Morgan fingerprint density at radius 2 is 1.31 bits per heavy atom. The van der Waals surface area contributed by atoms with E-state index in [0.717, 1.165) is 0 Å². The molecular formula is C25H26FNO7S2. The number of methoxy groups -OCH3 is 1. The molecule has 0 fully saturated rings. The van der Waals surface area contributed by atoms with Gasteiger partial charge in [-0.05, 0) is 61.4 Å². The van der Waals surface area contributed by atoms with Crippen LogP contribution in [0.2, 0.25) is 0 Å². The molecular weight excluding hydrogens is 509 g/mol. The lowest BCUT2D eigenvalue weighted by Crippen LogP contribution is -2.37. The first-order valence-electron chi connectivity index (χ1n) is 11.0. The van der Waals surface area contributed by atoms with Gasteiger partial charge in [-0.15, -0.1) is 0 Å². The molecule has 0 aliphatic carbocycles. The van der Waals surface area contributed by atoms with Crippen LogP contribution in [0.1, 0.15) is 23.2 Å². The average Bonchev–Trinajstić information content (AvgIpc) is 2.90. The molecule has 0 bridgehead atoms. The summed E-state index contributed by atoms with van der Waals surface area (Å²) in [4.78, 5) is 11.8. The molecule has 3 aromatic rings. The van der Waals surface area contributed by atoms with Gasteiger partial charge in [-0.2, -0.15) is 0 Å². The molecule has 0 amide bonds. The Morgan fingerprint density at radius 3 is 1.78 bits per heavy atom. The SMILES string of the molecule is COc1ccc(C(=O)[C@H](F)OCCCCN(S(=O)(=O)c2ccccc2)S(=O)(=O)c2ccccc2)cc1. The molecule has 0 unspecified atom stereocenters. The second-order valence-electron chi connectivity index (χ2n) is 7.62. The summed E-state index contributed by atoms with van der Waals surface area (Å²) < 4.78 is 77.6. The first-order chi connectivity index (χ1) is 17.2. The third-order valence-corrected chi connectivity index (χ3v) is 9.55. The van der Waals surface area contributed by atoms with Crippen LogP contribution in [0.4, 0.5) is 4.39 Å². The number of carbonyl (C=O) groups excluding carboxylic acids is 1. The van der Waals surface area contributed by atoms with Crippen molar-refractivity contribution < 1.29 is 35.5 Å². The van der Waals surface area contributed by atoms with Crippen molar-refractivity contribution in [2.45, 2.75) is 29.0 Å². The quantitative estimate of drug-likeness (QED) is 0.240. The molecule has 3 aromatic carbocycles. The number of benzene rings is 3. The van der Waals surface area contributed by atoms with Gasteiger partial charge in [0.15, 0.2) is 0 Å². The molecule has 36 heavy (non-hydrogen) atoms. The molecule has 3 rings (SSSR count). The number of hydrogen-bond donors (Lipinski definition) is 0. The Balaban J connectivity index is 1.66. The summed E-state index contributed by atoms with van der Waals surface area (Å²) in [6.45, 7) is -0.602. The van der Waals surface area contributed by atoms with Crippen molar-refractivity contribution in [3.63, 3.8) is 0 Å². The van der Waals surface area contributed by atoms with E-state index >= 15 is 0 Å². The summed E-state index contributed by atoms with van der Waals surface area (Å²) in [6, 6.07) is 20.3. The van der Waals surface area contributed by atoms with Gasteiger partial charge in [0.05, 0.1) is 23.5 Å². The molecule has 0 heterocycles. The number of rotatable bonds is 13. The van der Waals surface area contributed by atoms with E-state index in [4.69, 9.17) is 9.47 Å². The molecule has 11 heteroatoms. The number of ether oxygens (including phenoxy) is 2. The van der Waals surface area contributed by atoms with Crippen LogP contribution in [-0.2, 0) is 24.8 Å². The van der Waals surface area contributed by atoms with Crippen molar-refractivity contribution in [2.24, 2.45) is 0 Å². The Hall–Kier alpha value is -3.12. The zero-order valence-electron chi connectivity index (χ0n) is 19.5. The maximum Gasteiger partial charge on any atom is 0.262 e. The summed E-state index contributed by atoms with van der Waals surface area (Å²) >= 11 is 0. The molecule has 0 aliphatic rings. The van der Waals surface area contributed by atoms with E-state index in [-0.39, 0.29) is 41.3 Å². The Morgan fingerprint density at radius 1 is 0.806 bits per heavy atom. The number of alkyl halides is 1. The third-order valence-electron chi connectivity index (χ3n) is 5.20. The van der Waals surface area contributed by atoms with E-state index < -0.39 is 32.2 Å². The van der Waals surface area contributed by atoms with Gasteiger partial charge in [-0.25, -0.2) is 21.2 Å². The predicted octanol–water partition coefficient (Wildman–Crippen LogP) is 4.05. The molecule has 0 aliphatic heterocycles. The third kappa shape index (κ3) is 6.55. The number of hydrogen-bond acceptors (Lipinski definition) is 7. The lowest BCUT2D eigenvalue weighted by Gasteiger charge is -2.22. The van der Waals surface area contributed by atoms with E-state index in [1.165, 1.54) is 79.9 Å². The highest BCUT2D eigenvalue weighted by atomic mass is 32.3. The minimum absolute atomic E-state index is 0.0432. The second kappa shape index (κ2) is 12.2. The summed E-state index contributed by atoms with van der Waals surface area (Å²) in [5.74, 6) is -0.346. The van der Waals surface area contributed by atoms with E-state index in [0.29, 0.717) is 9.46 Å². The van der Waals surface area contributed by atoms with Gasteiger partial charge in [0.1, 0.15) is 5.75 Å². The van der Waals surface area contributed by atoms with Gasteiger partial charge in [-0.3, -0.25) is 4.79 Å². The topological polar surface area (TPSA) is 107 Å². The minimum atomic E-state index is -4.40. The lowest BCUT2D eigenvalue weighted by atomic mass is 10.1. The van der Waals surface area contributed by atoms with Crippen molar-refractivity contribution in [3.05, 3.63) is 90.5 Å². The predicted molar refractivity (Wildman–Crippen MR) is 131 cm³/mol. The summed E-state index contributed by atoms with van der Waals surface area (Å²) in [5.41, 5.74) is 0.109. The number of unbranched alkanes of at least 4 members (excludes halogenated alkanes) is 1. The highest BCUT2D eigenvalue weighted by molar-refractivity contribution is 8.04. The highest BCUT2D eigenvalue weighted by Gasteiger charge is 2.36. The first-order valence-corrected chi connectivity index (χ1v) is 13.9. The number of ketones is 1. The number of nitrogens with zero attached hydrogens (tertiary/aromatic N) is 1. The van der Waals surface area contributed by atoms with Crippen LogP contribution in [0, 0.1) is 0 Å². The maximum absolute atomic E-state index is 14.3. The molecule has 0 radical (unpaired) electrons. The number of halogens is 1. The molecule has 0 N–H and O–H groups in total. The normalized spacial score (nSPS) is 12.9. The fourth-order valence-electron chi connectivity index (χ4n) is 3.28. The zero-order chi connectivity index (χ0) is 26.2. The van der Waals surface area contributed by atoms with Crippen LogP contribution < -0.4 is 4.74 Å². The number of carbonyl (C=O) groups is 1. The van der Waals surface area contributed by atoms with Gasteiger partial charge in [0, 0.05) is 12.1 Å². The smallest absolute Gasteiger partial charge is 0.262 e. The summed E-state index contributed by atoms with van der Waals surface area (Å²) in [7, 11) is -7.33. The molecule has 0 saturated carbocycles. The maximum atomic E-state index is 14.3. The van der Waals surface area contributed by atoms with Gasteiger partial charge >= 0.3 is 0 Å². The first kappa shape index (κ1) is 27.5. The van der Waals surface area contributed by atoms with E-state index in [2.05, 4.69) is 0 Å². The Bertz CT molecular complexity index is 1280. The monoisotopic (exact) mass is 535 g/mol. The van der Waals surface area contributed by atoms with Crippen LogP contribution in [0.3, 0.4) is 0 Å². The molecule has 0 saturated heterocycles. The lowest BCUT2D eigenvalue weighted by molar-refractivity contribution is -0.0220. The highest BCUT2D eigenvalue weighted by Crippen LogP contribution is 2.25. The Kier molecular flexibility index (Phi) is 9.32. The second-order valence-corrected chi connectivity index (χ2v) is 11.6. The molecule has 192 valence electrons. The Labute approximate surface area is 210 Å². The van der Waals surface area contributed by atoms with Gasteiger partial charge in [0.2, 0.25) is 5.78 Å². The average molecular weight is 536 g/mol. The van der Waals surface area contributed by atoms with Gasteiger partial charge < -0.3 is 9.47 Å². The van der Waals surface area contributed by atoms with E-state index in [9.17, 15) is 26.0 Å². The van der Waals surface area contributed by atoms with Crippen molar-refractivity contribution in [1.82, 2.24) is 3.71 Å². The van der Waals surface area contributed by atoms with Crippen molar-refractivity contribution >= 4 is 25.8 Å². The van der Waals surface area contributed by atoms with Crippen LogP contribution in [0.25, 0.3) is 0 Å². The minimum Gasteiger partial charge on any atom is -0.497 e. The van der Waals surface area contributed by atoms with Crippen LogP contribution in [0.15, 0.2) is 94.7 Å². The summed E-state index contributed by atoms with van der Waals surface area (Å²) in [6.07, 6.45) is -2.06. The van der Waals surface area contributed by atoms with Crippen molar-refractivity contribution in [3.8, 4) is 5.75 Å². The summed E-state index contributed by atoms with van der Waals surface area (Å²) in [5, 5.41) is 0. The van der Waals surface area contributed by atoms with Crippen LogP contribution in [0.5, 0.6) is 5.75 Å². The molecule has 1 atom stereocenters. The number of Topliss-reactive ketones (excluding diaryl/α,β-unsaturated/α-hetero) is 1. The van der Waals surface area contributed by atoms with Crippen molar-refractivity contribution in [2.75, 3.05) is 20.3 Å². The number of sulfonamides is 2. The van der Waals surface area contributed by atoms with Crippen LogP contribution >= 0.6 is 0 Å². The van der Waals surface area contributed by atoms with Gasteiger partial charge in [-0.1, -0.05) is 40.1 Å². The molecule has 0 spiro atoms. The molecule has 8 nitrogen and oxygen atoms in total. The van der Waals surface area contributed by atoms with Crippen LogP contribution in [-0.4, -0.2) is 52.9 Å². The van der Waals surface area contributed by atoms with Gasteiger partial charge in [0.25, 0.3) is 26.4 Å². The van der Waals surface area contributed by atoms with E-state index in [1.54, 1.807) is 12.1 Å². The standard InChI is InChI=1S/C25H26FNO7S2/c1-33-21-16-14-20(15-17-21)24(28)25(26)34-19-9-8-18-27(35(29,30)22-10-4-2-5-11-22)36(31,32)23-12-6-3-7-13-23/h2-7,10-17,25H,8-9,18-19H2,1H3/t25-/m1/s1. The largest absolute Gasteiger partial charge is 0.497 e. The fraction of sp³-hybridized carbons (Fsp3) is 0.240. The zero-order valence-corrected chi connectivity index (χ0v) is 21.1. The molecule has 0 aromatic heterocycles. The fourth-order valence-corrected chi connectivity index (χ4v) is 7.04.